The first-order valence-corrected chi connectivity index (χ1v) is 6.88. The maximum Gasteiger partial charge on any atom is 0.325 e. The second-order valence-corrected chi connectivity index (χ2v) is 5.16. The number of oxime groups is 1. The molecule has 0 saturated carbocycles. The van der Waals surface area contributed by atoms with Crippen LogP contribution in [0.15, 0.2) is 42.1 Å². The fraction of sp³-hybridized carbons (Fsp3) is 0.250. The SMILES string of the molecule is C=CCc1ccccc1C(C)=NOS(C)(=O)=O. The number of hydrogen-bond acceptors (Lipinski definition) is 4. The first-order chi connectivity index (χ1) is 7.94. The molecule has 0 heterocycles. The zero-order chi connectivity index (χ0) is 12.9. The van der Waals surface area contributed by atoms with Gasteiger partial charge in [-0.2, -0.15) is 8.42 Å². The predicted molar refractivity (Wildman–Crippen MR) is 68.5 cm³/mol. The quantitative estimate of drug-likeness (QED) is 0.459. The van der Waals surface area contributed by atoms with E-state index in [1.807, 2.05) is 24.3 Å². The average Bonchev–Trinajstić information content (AvgIpc) is 2.26. The van der Waals surface area contributed by atoms with Gasteiger partial charge in [-0.1, -0.05) is 35.5 Å². The Morgan fingerprint density at radius 3 is 2.71 bits per heavy atom. The van der Waals surface area contributed by atoms with Crippen LogP contribution in [0.5, 0.6) is 0 Å². The van der Waals surface area contributed by atoms with Gasteiger partial charge in [-0.3, -0.25) is 4.28 Å². The Morgan fingerprint density at radius 1 is 1.47 bits per heavy atom. The van der Waals surface area contributed by atoms with Gasteiger partial charge in [0.1, 0.15) is 0 Å². The number of benzene rings is 1. The maximum atomic E-state index is 10.8. The molecule has 0 spiro atoms. The molecule has 17 heavy (non-hydrogen) atoms. The molecule has 0 unspecified atom stereocenters. The van der Waals surface area contributed by atoms with Crippen LogP contribution < -0.4 is 0 Å². The highest BCUT2D eigenvalue weighted by Crippen LogP contribution is 2.11. The molecule has 0 atom stereocenters. The lowest BCUT2D eigenvalue weighted by atomic mass is 10.0. The molecule has 0 N–H and O–H groups in total. The van der Waals surface area contributed by atoms with Crippen LogP contribution in [0.3, 0.4) is 0 Å². The van der Waals surface area contributed by atoms with Gasteiger partial charge in [0.25, 0.3) is 0 Å². The zero-order valence-corrected chi connectivity index (χ0v) is 10.7. The molecule has 1 aromatic carbocycles. The Morgan fingerprint density at radius 2 is 2.12 bits per heavy atom. The number of rotatable bonds is 5. The second kappa shape index (κ2) is 5.63. The average molecular weight is 253 g/mol. The smallest absolute Gasteiger partial charge is 0.268 e. The lowest BCUT2D eigenvalue weighted by Crippen LogP contribution is -2.04. The molecule has 0 aromatic heterocycles. The molecular weight excluding hydrogens is 238 g/mol. The number of hydrogen-bond donors (Lipinski definition) is 0. The molecule has 0 aliphatic heterocycles. The lowest BCUT2D eigenvalue weighted by Gasteiger charge is -2.06. The van der Waals surface area contributed by atoms with E-state index < -0.39 is 10.1 Å². The Balaban J connectivity index is 3.03. The molecule has 1 aromatic rings. The molecule has 0 radical (unpaired) electrons. The van der Waals surface area contributed by atoms with Crippen molar-refractivity contribution in [3.8, 4) is 0 Å². The fourth-order valence-corrected chi connectivity index (χ4v) is 1.63. The summed E-state index contributed by atoms with van der Waals surface area (Å²) >= 11 is 0. The molecule has 0 fully saturated rings. The summed E-state index contributed by atoms with van der Waals surface area (Å²) < 4.78 is 26.1. The first kappa shape index (κ1) is 13.4. The fourth-order valence-electron chi connectivity index (χ4n) is 1.38. The van der Waals surface area contributed by atoms with E-state index in [4.69, 9.17) is 0 Å². The summed E-state index contributed by atoms with van der Waals surface area (Å²) in [4.78, 5) is 0. The highest BCUT2D eigenvalue weighted by Gasteiger charge is 2.06. The predicted octanol–water partition coefficient (Wildman–Crippen LogP) is 2.12. The molecule has 0 saturated heterocycles. The Kier molecular flexibility index (Phi) is 4.45. The molecule has 4 nitrogen and oxygen atoms in total. The van der Waals surface area contributed by atoms with Crippen LogP contribution in [0.4, 0.5) is 0 Å². The Labute approximate surface area is 102 Å². The minimum absolute atomic E-state index is 0.521. The summed E-state index contributed by atoms with van der Waals surface area (Å²) in [6, 6.07) is 7.58. The highest BCUT2D eigenvalue weighted by molar-refractivity contribution is 7.85. The number of allylic oxidation sites excluding steroid dienone is 1. The van der Waals surface area contributed by atoms with Gasteiger partial charge < -0.3 is 0 Å². The van der Waals surface area contributed by atoms with E-state index in [2.05, 4.69) is 16.0 Å². The van der Waals surface area contributed by atoms with Gasteiger partial charge in [0.2, 0.25) is 0 Å². The van der Waals surface area contributed by atoms with Crippen LogP contribution in [0, 0.1) is 0 Å². The zero-order valence-electron chi connectivity index (χ0n) is 9.88. The van der Waals surface area contributed by atoms with Crippen molar-refractivity contribution in [2.24, 2.45) is 5.16 Å². The van der Waals surface area contributed by atoms with Gasteiger partial charge in [-0.05, 0) is 18.9 Å². The van der Waals surface area contributed by atoms with Crippen molar-refractivity contribution in [3.05, 3.63) is 48.0 Å². The van der Waals surface area contributed by atoms with Crippen LogP contribution in [0.1, 0.15) is 18.1 Å². The van der Waals surface area contributed by atoms with E-state index in [-0.39, 0.29) is 0 Å². The van der Waals surface area contributed by atoms with Crippen LogP contribution in [0.25, 0.3) is 0 Å². The van der Waals surface area contributed by atoms with Crippen molar-refractivity contribution in [1.82, 2.24) is 0 Å². The molecule has 1 rings (SSSR count). The van der Waals surface area contributed by atoms with Gasteiger partial charge in [-0.15, -0.1) is 6.58 Å². The van der Waals surface area contributed by atoms with E-state index in [1.165, 1.54) is 0 Å². The van der Waals surface area contributed by atoms with E-state index in [0.717, 1.165) is 17.4 Å². The van der Waals surface area contributed by atoms with Gasteiger partial charge >= 0.3 is 10.1 Å². The van der Waals surface area contributed by atoms with Crippen LogP contribution in [0.2, 0.25) is 0 Å². The summed E-state index contributed by atoms with van der Waals surface area (Å²) in [5.41, 5.74) is 2.41. The minimum atomic E-state index is -3.56. The summed E-state index contributed by atoms with van der Waals surface area (Å²) in [6.45, 7) is 5.38. The van der Waals surface area contributed by atoms with Gasteiger partial charge in [0, 0.05) is 5.56 Å². The van der Waals surface area contributed by atoms with E-state index in [9.17, 15) is 8.42 Å². The highest BCUT2D eigenvalue weighted by atomic mass is 32.2. The minimum Gasteiger partial charge on any atom is -0.268 e. The topological polar surface area (TPSA) is 55.7 Å². The van der Waals surface area contributed by atoms with Crippen molar-refractivity contribution in [1.29, 1.82) is 0 Å². The van der Waals surface area contributed by atoms with Crippen molar-refractivity contribution in [3.63, 3.8) is 0 Å². The standard InChI is InChI=1S/C12H15NO3S/c1-4-7-11-8-5-6-9-12(11)10(2)13-16-17(3,14)15/h4-6,8-9H,1,7H2,2-3H3. The molecule has 92 valence electrons. The summed E-state index contributed by atoms with van der Waals surface area (Å²) in [7, 11) is -3.56. The van der Waals surface area contributed by atoms with Crippen molar-refractivity contribution >= 4 is 15.8 Å². The van der Waals surface area contributed by atoms with Gasteiger partial charge in [-0.25, -0.2) is 0 Å². The molecule has 0 aliphatic carbocycles. The molecule has 0 bridgehead atoms. The molecule has 5 heteroatoms. The van der Waals surface area contributed by atoms with Crippen molar-refractivity contribution in [2.75, 3.05) is 6.26 Å². The third-order valence-electron chi connectivity index (χ3n) is 2.08. The van der Waals surface area contributed by atoms with E-state index >= 15 is 0 Å². The summed E-state index contributed by atoms with van der Waals surface area (Å²) in [5.74, 6) is 0. The summed E-state index contributed by atoms with van der Waals surface area (Å²) in [6.07, 6.45) is 3.44. The third-order valence-corrected chi connectivity index (χ3v) is 2.43. The van der Waals surface area contributed by atoms with Crippen molar-refractivity contribution < 1.29 is 12.7 Å². The normalized spacial score (nSPS) is 12.2. The van der Waals surface area contributed by atoms with E-state index in [0.29, 0.717) is 12.1 Å². The Bertz CT molecular complexity index is 532. The molecule has 0 amide bonds. The monoisotopic (exact) mass is 253 g/mol. The largest absolute Gasteiger partial charge is 0.325 e. The number of nitrogens with zero attached hydrogens (tertiary/aromatic N) is 1. The van der Waals surface area contributed by atoms with E-state index in [1.54, 1.807) is 13.0 Å². The van der Waals surface area contributed by atoms with Crippen molar-refractivity contribution in [2.45, 2.75) is 13.3 Å². The van der Waals surface area contributed by atoms with Gasteiger partial charge in [0.15, 0.2) is 0 Å². The Hall–Kier alpha value is -1.62. The first-order valence-electron chi connectivity index (χ1n) is 5.06. The molecule has 0 aliphatic rings. The lowest BCUT2D eigenvalue weighted by molar-refractivity contribution is 0.343. The maximum absolute atomic E-state index is 10.8. The van der Waals surface area contributed by atoms with Crippen LogP contribution in [-0.4, -0.2) is 20.4 Å². The van der Waals surface area contributed by atoms with Crippen LogP contribution >= 0.6 is 0 Å². The summed E-state index contributed by atoms with van der Waals surface area (Å²) in [5, 5.41) is 3.60. The molecular formula is C12H15NO3S. The second-order valence-electron chi connectivity index (χ2n) is 3.61. The van der Waals surface area contributed by atoms with Crippen LogP contribution in [-0.2, 0) is 20.8 Å². The van der Waals surface area contributed by atoms with Gasteiger partial charge in [0.05, 0.1) is 12.0 Å². The third kappa shape index (κ3) is 4.40.